The first-order valence-corrected chi connectivity index (χ1v) is 10.0. The van der Waals surface area contributed by atoms with Crippen molar-refractivity contribution in [2.75, 3.05) is 19.3 Å². The van der Waals surface area contributed by atoms with Crippen molar-refractivity contribution in [1.82, 2.24) is 15.5 Å². The molecule has 1 aromatic carbocycles. The van der Waals surface area contributed by atoms with Gasteiger partial charge < -0.3 is 21.3 Å². The smallest absolute Gasteiger partial charge is 0.253 e. The third kappa shape index (κ3) is 4.80. The highest BCUT2D eigenvalue weighted by atomic mass is 16.2. The van der Waals surface area contributed by atoms with E-state index in [1.807, 2.05) is 32.0 Å². The predicted octanol–water partition coefficient (Wildman–Crippen LogP) is 1.94. The van der Waals surface area contributed by atoms with E-state index in [1.165, 1.54) is 25.7 Å². The number of anilines is 1. The SMILES string of the molecule is CC(C)NC(=O)CNC(=O)c1cc(CC2CC3CCC(C2)N3C)ccc1N. The summed E-state index contributed by atoms with van der Waals surface area (Å²) < 4.78 is 0. The molecule has 0 radical (unpaired) electrons. The molecular weight excluding hydrogens is 340 g/mol. The van der Waals surface area contributed by atoms with Gasteiger partial charge in [-0.15, -0.1) is 0 Å². The fourth-order valence-electron chi connectivity index (χ4n) is 4.58. The van der Waals surface area contributed by atoms with Crippen LogP contribution in [0.25, 0.3) is 0 Å². The molecule has 2 bridgehead atoms. The van der Waals surface area contributed by atoms with Crippen molar-refractivity contribution in [3.8, 4) is 0 Å². The summed E-state index contributed by atoms with van der Waals surface area (Å²) in [5, 5.41) is 5.43. The van der Waals surface area contributed by atoms with Gasteiger partial charge >= 0.3 is 0 Å². The quantitative estimate of drug-likeness (QED) is 0.666. The summed E-state index contributed by atoms with van der Waals surface area (Å²) in [6, 6.07) is 7.20. The number of nitrogens with one attached hydrogen (secondary N) is 2. The molecule has 2 heterocycles. The zero-order valence-electron chi connectivity index (χ0n) is 16.6. The van der Waals surface area contributed by atoms with Crippen LogP contribution in [-0.4, -0.2) is 48.4 Å². The van der Waals surface area contributed by atoms with Gasteiger partial charge in [-0.05, 0) is 76.6 Å². The van der Waals surface area contributed by atoms with Crippen LogP contribution in [0.4, 0.5) is 5.69 Å². The van der Waals surface area contributed by atoms with Crippen molar-refractivity contribution >= 4 is 17.5 Å². The lowest BCUT2D eigenvalue weighted by Crippen LogP contribution is -2.40. The van der Waals surface area contributed by atoms with E-state index in [0.717, 1.165) is 12.0 Å². The van der Waals surface area contributed by atoms with E-state index in [9.17, 15) is 9.59 Å². The highest BCUT2D eigenvalue weighted by Gasteiger charge is 2.38. The molecule has 2 fully saturated rings. The van der Waals surface area contributed by atoms with E-state index in [0.29, 0.717) is 29.3 Å². The molecule has 148 valence electrons. The van der Waals surface area contributed by atoms with Crippen LogP contribution in [0.2, 0.25) is 0 Å². The van der Waals surface area contributed by atoms with Gasteiger partial charge in [0.1, 0.15) is 0 Å². The molecular formula is C21H32N4O2. The number of fused-ring (bicyclic) bond motifs is 2. The molecule has 2 aliphatic rings. The highest BCUT2D eigenvalue weighted by Crippen LogP contribution is 2.38. The Morgan fingerprint density at radius 1 is 1.22 bits per heavy atom. The van der Waals surface area contributed by atoms with Gasteiger partial charge in [-0.3, -0.25) is 9.59 Å². The molecule has 6 nitrogen and oxygen atoms in total. The van der Waals surface area contributed by atoms with Gasteiger partial charge in [-0.2, -0.15) is 0 Å². The second kappa shape index (κ2) is 8.30. The van der Waals surface area contributed by atoms with Gasteiger partial charge in [-0.1, -0.05) is 6.07 Å². The van der Waals surface area contributed by atoms with Gasteiger partial charge in [0.2, 0.25) is 5.91 Å². The first-order valence-electron chi connectivity index (χ1n) is 10.0. The Morgan fingerprint density at radius 2 is 1.89 bits per heavy atom. The number of benzene rings is 1. The minimum Gasteiger partial charge on any atom is -0.398 e. The van der Waals surface area contributed by atoms with Gasteiger partial charge in [-0.25, -0.2) is 0 Å². The van der Waals surface area contributed by atoms with E-state index < -0.39 is 0 Å². The number of hydrogen-bond acceptors (Lipinski definition) is 4. The summed E-state index contributed by atoms with van der Waals surface area (Å²) in [6.07, 6.45) is 6.06. The molecule has 2 aliphatic heterocycles. The normalized spacial score (nSPS) is 24.8. The van der Waals surface area contributed by atoms with Crippen LogP contribution in [-0.2, 0) is 11.2 Å². The van der Waals surface area contributed by atoms with Crippen LogP contribution in [0.3, 0.4) is 0 Å². The molecule has 27 heavy (non-hydrogen) atoms. The lowest BCUT2D eigenvalue weighted by Gasteiger charge is -2.36. The maximum Gasteiger partial charge on any atom is 0.253 e. The number of nitrogen functional groups attached to an aromatic ring is 1. The number of nitrogens with zero attached hydrogens (tertiary/aromatic N) is 1. The molecule has 1 aromatic rings. The maximum atomic E-state index is 12.5. The average molecular weight is 373 g/mol. The molecule has 4 N–H and O–H groups in total. The number of piperidine rings is 1. The number of carbonyl (C=O) groups excluding carboxylic acids is 2. The Labute approximate surface area is 161 Å². The molecule has 0 saturated carbocycles. The summed E-state index contributed by atoms with van der Waals surface area (Å²) in [5.74, 6) is 0.168. The monoisotopic (exact) mass is 372 g/mol. The average Bonchev–Trinajstić information content (AvgIpc) is 2.82. The second-order valence-electron chi connectivity index (χ2n) is 8.42. The topological polar surface area (TPSA) is 87.5 Å². The molecule has 6 heteroatoms. The van der Waals surface area contributed by atoms with Crippen LogP contribution in [0.5, 0.6) is 0 Å². The fraction of sp³-hybridized carbons (Fsp3) is 0.619. The number of nitrogens with two attached hydrogens (primary N) is 1. The van der Waals surface area contributed by atoms with Gasteiger partial charge in [0, 0.05) is 23.8 Å². The number of amides is 2. The van der Waals surface area contributed by atoms with Crippen LogP contribution in [0.1, 0.15) is 55.5 Å². The van der Waals surface area contributed by atoms with Gasteiger partial charge in [0.05, 0.1) is 12.1 Å². The molecule has 0 aliphatic carbocycles. The van der Waals surface area contributed by atoms with E-state index in [-0.39, 0.29) is 24.4 Å². The zero-order chi connectivity index (χ0) is 19.6. The Bertz CT molecular complexity index is 689. The van der Waals surface area contributed by atoms with E-state index in [4.69, 9.17) is 5.73 Å². The molecule has 0 spiro atoms. The Morgan fingerprint density at radius 3 is 2.52 bits per heavy atom. The number of carbonyl (C=O) groups is 2. The zero-order valence-corrected chi connectivity index (χ0v) is 16.6. The Kier molecular flexibility index (Phi) is 6.05. The minimum absolute atomic E-state index is 0.0427. The summed E-state index contributed by atoms with van der Waals surface area (Å²) in [5.41, 5.74) is 8.07. The second-order valence-corrected chi connectivity index (χ2v) is 8.42. The van der Waals surface area contributed by atoms with E-state index >= 15 is 0 Å². The minimum atomic E-state index is -0.295. The molecule has 2 atom stereocenters. The Hall–Kier alpha value is -2.08. The molecule has 3 rings (SSSR count). The predicted molar refractivity (Wildman–Crippen MR) is 107 cm³/mol. The van der Waals surface area contributed by atoms with E-state index in [1.54, 1.807) is 0 Å². The van der Waals surface area contributed by atoms with E-state index in [2.05, 4.69) is 22.6 Å². The van der Waals surface area contributed by atoms with Crippen LogP contribution in [0.15, 0.2) is 18.2 Å². The lowest BCUT2D eigenvalue weighted by atomic mass is 9.85. The summed E-state index contributed by atoms with van der Waals surface area (Å²) in [4.78, 5) is 26.8. The largest absolute Gasteiger partial charge is 0.398 e. The summed E-state index contributed by atoms with van der Waals surface area (Å²) in [7, 11) is 2.25. The molecule has 2 unspecified atom stereocenters. The number of hydrogen-bond donors (Lipinski definition) is 3. The van der Waals surface area contributed by atoms with Crippen LogP contribution in [0, 0.1) is 5.92 Å². The van der Waals surface area contributed by atoms with Crippen molar-refractivity contribution in [2.24, 2.45) is 5.92 Å². The molecule has 2 saturated heterocycles. The van der Waals surface area contributed by atoms with Crippen LogP contribution < -0.4 is 16.4 Å². The van der Waals surface area contributed by atoms with Crippen molar-refractivity contribution in [3.63, 3.8) is 0 Å². The van der Waals surface area contributed by atoms with Crippen molar-refractivity contribution in [1.29, 1.82) is 0 Å². The van der Waals surface area contributed by atoms with Crippen LogP contribution >= 0.6 is 0 Å². The highest BCUT2D eigenvalue weighted by molar-refractivity contribution is 6.00. The third-order valence-corrected chi connectivity index (χ3v) is 5.94. The lowest BCUT2D eigenvalue weighted by molar-refractivity contribution is -0.120. The summed E-state index contributed by atoms with van der Waals surface area (Å²) in [6.45, 7) is 3.73. The van der Waals surface area contributed by atoms with Crippen molar-refractivity contribution < 1.29 is 9.59 Å². The van der Waals surface area contributed by atoms with Crippen molar-refractivity contribution in [3.05, 3.63) is 29.3 Å². The van der Waals surface area contributed by atoms with Gasteiger partial charge in [0.15, 0.2) is 0 Å². The first-order chi connectivity index (χ1) is 12.8. The standard InChI is InChI=1S/C21H32N4O2/c1-13(2)24-20(26)12-23-21(27)18-11-14(4-7-19(18)22)8-15-9-16-5-6-17(10-15)25(16)3/h4,7,11,13,15-17H,5-6,8-10,12,22H2,1-3H3,(H,23,27)(H,24,26). The maximum absolute atomic E-state index is 12.5. The number of rotatable bonds is 6. The fourth-order valence-corrected chi connectivity index (χ4v) is 4.58. The Balaban J connectivity index is 1.60. The third-order valence-electron chi connectivity index (χ3n) is 5.94. The first kappa shape index (κ1) is 19.7. The molecule has 2 amide bonds. The van der Waals surface area contributed by atoms with Crippen molar-refractivity contribution in [2.45, 2.75) is 64.1 Å². The van der Waals surface area contributed by atoms with Gasteiger partial charge in [0.25, 0.3) is 5.91 Å². The summed E-state index contributed by atoms with van der Waals surface area (Å²) >= 11 is 0. The molecule has 0 aromatic heterocycles.